The van der Waals surface area contributed by atoms with Gasteiger partial charge in [-0.05, 0) is 18.2 Å². The number of rotatable bonds is 3. The summed E-state index contributed by atoms with van der Waals surface area (Å²) in [5.41, 5.74) is 0. The predicted molar refractivity (Wildman–Crippen MR) is 67.7 cm³/mol. The third-order valence-electron chi connectivity index (χ3n) is 3.08. The third-order valence-corrected chi connectivity index (χ3v) is 5.82. The SMILES string of the molecule is O=C1CCN(S(=O)(=O)c2ccc(F)c(S(=O)(=O)F)c2)CC1. The largest absolute Gasteiger partial charge is 0.335 e. The molecule has 1 heterocycles. The summed E-state index contributed by atoms with van der Waals surface area (Å²) in [4.78, 5) is 9.25. The molecule has 0 bridgehead atoms. The minimum atomic E-state index is -5.37. The van der Waals surface area contributed by atoms with Crippen molar-refractivity contribution in [3.8, 4) is 0 Å². The molecule has 0 amide bonds. The van der Waals surface area contributed by atoms with E-state index in [-0.39, 0.29) is 31.7 Å². The minimum absolute atomic E-state index is 0.0454. The Morgan fingerprint density at radius 3 is 2.14 bits per heavy atom. The number of ketones is 1. The van der Waals surface area contributed by atoms with Crippen molar-refractivity contribution in [1.82, 2.24) is 4.31 Å². The quantitative estimate of drug-likeness (QED) is 0.761. The van der Waals surface area contributed by atoms with Crippen LogP contribution in [0.4, 0.5) is 8.28 Å². The summed E-state index contributed by atoms with van der Waals surface area (Å²) >= 11 is 0. The van der Waals surface area contributed by atoms with Gasteiger partial charge in [-0.25, -0.2) is 12.8 Å². The average molecular weight is 339 g/mol. The van der Waals surface area contributed by atoms with Gasteiger partial charge < -0.3 is 0 Å². The number of halogens is 2. The zero-order chi connectivity index (χ0) is 15.8. The fraction of sp³-hybridized carbons (Fsp3) is 0.364. The van der Waals surface area contributed by atoms with Crippen molar-refractivity contribution in [2.45, 2.75) is 22.6 Å². The lowest BCUT2D eigenvalue weighted by atomic mass is 10.1. The van der Waals surface area contributed by atoms with Crippen molar-refractivity contribution in [2.75, 3.05) is 13.1 Å². The zero-order valence-electron chi connectivity index (χ0n) is 10.6. The van der Waals surface area contributed by atoms with Crippen LogP contribution in [0, 0.1) is 5.82 Å². The second-order valence-electron chi connectivity index (χ2n) is 4.47. The monoisotopic (exact) mass is 339 g/mol. The van der Waals surface area contributed by atoms with E-state index in [0.717, 1.165) is 10.4 Å². The maximum Gasteiger partial charge on any atom is 0.335 e. The molecule has 1 aromatic rings. The van der Waals surface area contributed by atoms with Crippen LogP contribution in [0.1, 0.15) is 12.8 Å². The highest BCUT2D eigenvalue weighted by Gasteiger charge is 2.30. The molecule has 1 aliphatic rings. The van der Waals surface area contributed by atoms with E-state index in [1.807, 2.05) is 0 Å². The van der Waals surface area contributed by atoms with Crippen molar-refractivity contribution in [2.24, 2.45) is 0 Å². The van der Waals surface area contributed by atoms with E-state index in [2.05, 4.69) is 0 Å². The Bertz CT molecular complexity index is 779. The molecule has 6 nitrogen and oxygen atoms in total. The molecule has 1 fully saturated rings. The first-order chi connectivity index (χ1) is 9.62. The summed E-state index contributed by atoms with van der Waals surface area (Å²) < 4.78 is 73.3. The van der Waals surface area contributed by atoms with Crippen LogP contribution in [-0.4, -0.2) is 40.0 Å². The Kier molecular flexibility index (Phi) is 4.13. The van der Waals surface area contributed by atoms with Crippen molar-refractivity contribution in [3.63, 3.8) is 0 Å². The summed E-state index contributed by atoms with van der Waals surface area (Å²) in [6.45, 7) is -0.0908. The van der Waals surface area contributed by atoms with E-state index in [1.165, 1.54) is 0 Å². The lowest BCUT2D eigenvalue weighted by Crippen LogP contribution is -2.38. The van der Waals surface area contributed by atoms with Crippen LogP contribution in [0.5, 0.6) is 0 Å². The second-order valence-corrected chi connectivity index (χ2v) is 7.73. The smallest absolute Gasteiger partial charge is 0.300 e. The molecule has 2 rings (SSSR count). The van der Waals surface area contributed by atoms with E-state index in [4.69, 9.17) is 0 Å². The molecule has 0 aliphatic carbocycles. The highest BCUT2D eigenvalue weighted by Crippen LogP contribution is 2.24. The van der Waals surface area contributed by atoms with Gasteiger partial charge in [0.1, 0.15) is 16.5 Å². The van der Waals surface area contributed by atoms with Crippen LogP contribution >= 0.6 is 0 Å². The fourth-order valence-corrected chi connectivity index (χ4v) is 4.07. The Hall–Kier alpha value is -1.39. The van der Waals surface area contributed by atoms with E-state index >= 15 is 0 Å². The average Bonchev–Trinajstić information content (AvgIpc) is 2.38. The number of carbonyl (C=O) groups excluding carboxylic acids is 1. The molecule has 0 N–H and O–H groups in total. The van der Waals surface area contributed by atoms with Crippen molar-refractivity contribution >= 4 is 26.0 Å². The van der Waals surface area contributed by atoms with E-state index in [0.29, 0.717) is 12.1 Å². The van der Waals surface area contributed by atoms with Gasteiger partial charge >= 0.3 is 10.2 Å². The topological polar surface area (TPSA) is 88.6 Å². The van der Waals surface area contributed by atoms with E-state index < -0.39 is 35.9 Å². The van der Waals surface area contributed by atoms with Crippen molar-refractivity contribution in [1.29, 1.82) is 0 Å². The first-order valence-electron chi connectivity index (χ1n) is 5.88. The van der Waals surface area contributed by atoms with Crippen molar-refractivity contribution in [3.05, 3.63) is 24.0 Å². The number of piperidine rings is 1. The summed E-state index contributed by atoms with van der Waals surface area (Å²) in [7, 11) is -9.47. The van der Waals surface area contributed by atoms with E-state index in [9.17, 15) is 29.9 Å². The standard InChI is InChI=1S/C11H11F2NO5S2/c12-10-2-1-9(7-11(10)20(13,16)17)21(18,19)14-5-3-8(15)4-6-14/h1-2,7H,3-6H2. The zero-order valence-corrected chi connectivity index (χ0v) is 12.3. The Balaban J connectivity index is 2.44. The molecule has 21 heavy (non-hydrogen) atoms. The van der Waals surface area contributed by atoms with Gasteiger partial charge in [0.25, 0.3) is 0 Å². The Labute approximate surface area is 120 Å². The summed E-state index contributed by atoms with van der Waals surface area (Å²) in [6.07, 6.45) is 0.101. The fourth-order valence-electron chi connectivity index (χ4n) is 1.96. The Morgan fingerprint density at radius 1 is 1.05 bits per heavy atom. The first kappa shape index (κ1) is 16.0. The number of sulfonamides is 1. The maximum absolute atomic E-state index is 13.3. The van der Waals surface area contributed by atoms with E-state index in [1.54, 1.807) is 0 Å². The van der Waals surface area contributed by atoms with Gasteiger partial charge in [0.15, 0.2) is 0 Å². The number of benzene rings is 1. The van der Waals surface area contributed by atoms with Crippen LogP contribution in [0.15, 0.2) is 28.0 Å². The summed E-state index contributed by atoms with van der Waals surface area (Å²) in [5, 5.41) is 0. The minimum Gasteiger partial charge on any atom is -0.300 e. The molecule has 0 spiro atoms. The second kappa shape index (κ2) is 5.43. The number of carbonyl (C=O) groups is 1. The Morgan fingerprint density at radius 2 is 1.62 bits per heavy atom. The lowest BCUT2D eigenvalue weighted by Gasteiger charge is -2.25. The maximum atomic E-state index is 13.3. The molecular formula is C11H11F2NO5S2. The molecule has 10 heteroatoms. The first-order valence-corrected chi connectivity index (χ1v) is 8.71. The van der Waals surface area contributed by atoms with Gasteiger partial charge in [-0.15, -0.1) is 3.89 Å². The van der Waals surface area contributed by atoms with Crippen LogP contribution in [0.2, 0.25) is 0 Å². The molecule has 0 unspecified atom stereocenters. The van der Waals surface area contributed by atoms with Gasteiger partial charge in [-0.1, -0.05) is 0 Å². The number of hydrogen-bond acceptors (Lipinski definition) is 5. The van der Waals surface area contributed by atoms with Gasteiger partial charge in [-0.3, -0.25) is 4.79 Å². The number of nitrogens with zero attached hydrogens (tertiary/aromatic N) is 1. The van der Waals surface area contributed by atoms with Gasteiger partial charge in [0, 0.05) is 25.9 Å². The van der Waals surface area contributed by atoms with Gasteiger partial charge in [0.05, 0.1) is 4.90 Å². The number of Topliss-reactive ketones (excluding diaryl/α,β-unsaturated/α-hetero) is 1. The highest BCUT2D eigenvalue weighted by molar-refractivity contribution is 7.89. The molecule has 0 aromatic heterocycles. The summed E-state index contributed by atoms with van der Waals surface area (Å²) in [6, 6.07) is 1.88. The molecule has 0 saturated carbocycles. The molecule has 1 aromatic carbocycles. The van der Waals surface area contributed by atoms with Gasteiger partial charge in [-0.2, -0.15) is 12.7 Å². The molecule has 0 radical (unpaired) electrons. The number of hydrogen-bond donors (Lipinski definition) is 0. The third kappa shape index (κ3) is 3.27. The van der Waals surface area contributed by atoms with Crippen LogP contribution in [-0.2, 0) is 25.0 Å². The molecule has 116 valence electrons. The van der Waals surface area contributed by atoms with Crippen LogP contribution in [0.3, 0.4) is 0 Å². The predicted octanol–water partition coefficient (Wildman–Crippen LogP) is 0.838. The van der Waals surface area contributed by atoms with Crippen LogP contribution in [0.25, 0.3) is 0 Å². The highest BCUT2D eigenvalue weighted by atomic mass is 32.3. The molecule has 0 atom stereocenters. The molecule has 1 saturated heterocycles. The molecular weight excluding hydrogens is 328 g/mol. The van der Waals surface area contributed by atoms with Crippen molar-refractivity contribution < 1.29 is 29.9 Å². The lowest BCUT2D eigenvalue weighted by molar-refractivity contribution is -0.120. The van der Waals surface area contributed by atoms with Gasteiger partial charge in [0.2, 0.25) is 10.0 Å². The summed E-state index contributed by atoms with van der Waals surface area (Å²) in [5.74, 6) is -1.45. The molecule has 1 aliphatic heterocycles. The van der Waals surface area contributed by atoms with Crippen LogP contribution < -0.4 is 0 Å². The normalized spacial score (nSPS) is 17.9.